The zero-order chi connectivity index (χ0) is 11.5. The summed E-state index contributed by atoms with van der Waals surface area (Å²) in [4.78, 5) is 12.5. The van der Waals surface area contributed by atoms with Gasteiger partial charge in [0.15, 0.2) is 0 Å². The molecule has 6 nitrogen and oxygen atoms in total. The fourth-order valence-corrected chi connectivity index (χ4v) is 1.94. The Morgan fingerprint density at radius 2 is 2.00 bits per heavy atom. The van der Waals surface area contributed by atoms with Crippen molar-refractivity contribution in [2.45, 2.75) is 25.3 Å². The lowest BCUT2D eigenvalue weighted by molar-refractivity contribution is 0.297. The van der Waals surface area contributed by atoms with Crippen LogP contribution in [0.15, 0.2) is 23.0 Å². The molecule has 3 rings (SSSR count). The molecule has 2 aromatic heterocycles. The van der Waals surface area contributed by atoms with Crippen LogP contribution in [0.25, 0.3) is 11.6 Å². The quantitative estimate of drug-likeness (QED) is 0.893. The summed E-state index contributed by atoms with van der Waals surface area (Å²) in [7, 11) is 0. The van der Waals surface area contributed by atoms with Gasteiger partial charge in [-0.25, -0.2) is 9.97 Å². The van der Waals surface area contributed by atoms with Crippen LogP contribution in [-0.2, 0) is 0 Å². The Bertz CT molecular complexity index is 483. The Kier molecular flexibility index (Phi) is 4.22. The lowest BCUT2D eigenvalue weighted by Crippen LogP contribution is -2.26. The predicted molar refractivity (Wildman–Crippen MR) is 67.2 cm³/mol. The van der Waals surface area contributed by atoms with Gasteiger partial charge in [0.05, 0.1) is 6.04 Å². The summed E-state index contributed by atoms with van der Waals surface area (Å²) in [6, 6.07) is 1.93. The molecular weight excluding hydrogens is 254 g/mol. The van der Waals surface area contributed by atoms with Gasteiger partial charge in [-0.2, -0.15) is 4.98 Å². The molecule has 1 N–H and O–H groups in total. The molecule has 1 aliphatic heterocycles. The number of hydrogen-bond donors (Lipinski definition) is 1. The lowest BCUT2D eigenvalue weighted by Gasteiger charge is -2.19. The molecule has 1 fully saturated rings. The van der Waals surface area contributed by atoms with Crippen LogP contribution in [0, 0.1) is 0 Å². The highest BCUT2D eigenvalue weighted by Crippen LogP contribution is 2.22. The first-order chi connectivity index (χ1) is 8.43. The smallest absolute Gasteiger partial charge is 0.244 e. The molecular formula is C11H14ClN5O. The second-order valence-corrected chi connectivity index (χ2v) is 4.03. The minimum Gasteiger partial charge on any atom is -0.337 e. The Morgan fingerprint density at radius 1 is 1.17 bits per heavy atom. The van der Waals surface area contributed by atoms with E-state index < -0.39 is 0 Å². The van der Waals surface area contributed by atoms with Crippen molar-refractivity contribution in [2.75, 3.05) is 6.54 Å². The van der Waals surface area contributed by atoms with E-state index in [0.29, 0.717) is 17.5 Å². The van der Waals surface area contributed by atoms with Gasteiger partial charge in [0.2, 0.25) is 17.5 Å². The van der Waals surface area contributed by atoms with Gasteiger partial charge < -0.3 is 9.84 Å². The standard InChI is InChI=1S/C11H13N5O.ClH/c1-2-5-12-8(4-1)11-15-10(16-17-11)9-13-6-3-7-14-9;/h3,6-8,12H,1-2,4-5H2;1H. The summed E-state index contributed by atoms with van der Waals surface area (Å²) >= 11 is 0. The third-order valence-corrected chi connectivity index (χ3v) is 2.82. The molecule has 1 unspecified atom stereocenters. The molecule has 1 saturated heterocycles. The Labute approximate surface area is 111 Å². The average molecular weight is 268 g/mol. The van der Waals surface area contributed by atoms with Crippen molar-refractivity contribution in [3.8, 4) is 11.6 Å². The summed E-state index contributed by atoms with van der Waals surface area (Å²) in [6.45, 7) is 1.00. The van der Waals surface area contributed by atoms with E-state index in [4.69, 9.17) is 4.52 Å². The minimum atomic E-state index is 0. The van der Waals surface area contributed by atoms with Crippen LogP contribution in [0.2, 0.25) is 0 Å². The van der Waals surface area contributed by atoms with Crippen LogP contribution in [0.1, 0.15) is 31.2 Å². The first-order valence-electron chi connectivity index (χ1n) is 5.78. The van der Waals surface area contributed by atoms with Gasteiger partial charge in [0.1, 0.15) is 0 Å². The monoisotopic (exact) mass is 267 g/mol. The molecule has 96 valence electrons. The van der Waals surface area contributed by atoms with E-state index in [1.165, 1.54) is 12.8 Å². The van der Waals surface area contributed by atoms with Crippen molar-refractivity contribution in [3.63, 3.8) is 0 Å². The molecule has 7 heteroatoms. The number of nitrogens with one attached hydrogen (secondary N) is 1. The zero-order valence-corrected chi connectivity index (χ0v) is 10.6. The van der Waals surface area contributed by atoms with E-state index in [0.717, 1.165) is 13.0 Å². The van der Waals surface area contributed by atoms with Gasteiger partial charge in [-0.15, -0.1) is 12.4 Å². The van der Waals surface area contributed by atoms with Gasteiger partial charge in [-0.1, -0.05) is 11.6 Å². The number of nitrogens with zero attached hydrogens (tertiary/aromatic N) is 4. The van der Waals surface area contributed by atoms with Gasteiger partial charge in [0, 0.05) is 12.4 Å². The number of halogens is 1. The molecule has 0 spiro atoms. The Morgan fingerprint density at radius 3 is 2.72 bits per heavy atom. The highest BCUT2D eigenvalue weighted by atomic mass is 35.5. The largest absolute Gasteiger partial charge is 0.337 e. The number of aromatic nitrogens is 4. The number of hydrogen-bond acceptors (Lipinski definition) is 6. The van der Waals surface area contributed by atoms with Crippen molar-refractivity contribution in [3.05, 3.63) is 24.4 Å². The first kappa shape index (κ1) is 12.9. The topological polar surface area (TPSA) is 76.7 Å². The van der Waals surface area contributed by atoms with E-state index in [1.807, 2.05) is 0 Å². The van der Waals surface area contributed by atoms with E-state index in [1.54, 1.807) is 18.5 Å². The maximum absolute atomic E-state index is 5.25. The van der Waals surface area contributed by atoms with Crippen molar-refractivity contribution in [2.24, 2.45) is 0 Å². The van der Waals surface area contributed by atoms with Crippen molar-refractivity contribution >= 4 is 12.4 Å². The SMILES string of the molecule is Cl.c1cnc(-c2noc(C3CCCCN3)n2)nc1. The Balaban J connectivity index is 0.00000120. The fraction of sp³-hybridized carbons (Fsp3) is 0.455. The normalized spacial score (nSPS) is 19.2. The average Bonchev–Trinajstić information content (AvgIpc) is 2.90. The van der Waals surface area contributed by atoms with Gasteiger partial charge >= 0.3 is 0 Å². The van der Waals surface area contributed by atoms with E-state index in [-0.39, 0.29) is 18.4 Å². The highest BCUT2D eigenvalue weighted by Gasteiger charge is 2.21. The van der Waals surface area contributed by atoms with Gasteiger partial charge in [-0.3, -0.25) is 0 Å². The molecule has 1 atom stereocenters. The van der Waals surface area contributed by atoms with E-state index >= 15 is 0 Å². The van der Waals surface area contributed by atoms with Crippen molar-refractivity contribution < 1.29 is 4.52 Å². The Hall–Kier alpha value is -1.53. The van der Waals surface area contributed by atoms with Crippen LogP contribution < -0.4 is 5.32 Å². The van der Waals surface area contributed by atoms with Crippen LogP contribution in [0.4, 0.5) is 0 Å². The van der Waals surface area contributed by atoms with E-state index in [9.17, 15) is 0 Å². The molecule has 18 heavy (non-hydrogen) atoms. The summed E-state index contributed by atoms with van der Waals surface area (Å²) in [5.41, 5.74) is 0. The molecule has 2 aromatic rings. The number of rotatable bonds is 2. The van der Waals surface area contributed by atoms with Crippen LogP contribution in [0.3, 0.4) is 0 Å². The second-order valence-electron chi connectivity index (χ2n) is 4.03. The zero-order valence-electron chi connectivity index (χ0n) is 9.74. The van der Waals surface area contributed by atoms with E-state index in [2.05, 4.69) is 25.4 Å². The second kappa shape index (κ2) is 5.88. The number of piperidine rings is 1. The maximum Gasteiger partial charge on any atom is 0.244 e. The summed E-state index contributed by atoms with van der Waals surface area (Å²) < 4.78 is 5.25. The van der Waals surface area contributed by atoms with Crippen molar-refractivity contribution in [1.82, 2.24) is 25.4 Å². The third-order valence-electron chi connectivity index (χ3n) is 2.82. The van der Waals surface area contributed by atoms with Gasteiger partial charge in [-0.05, 0) is 25.5 Å². The molecule has 0 aliphatic carbocycles. The molecule has 0 amide bonds. The fourth-order valence-electron chi connectivity index (χ4n) is 1.94. The molecule has 3 heterocycles. The third kappa shape index (κ3) is 2.65. The van der Waals surface area contributed by atoms with Gasteiger partial charge in [0.25, 0.3) is 0 Å². The summed E-state index contributed by atoms with van der Waals surface area (Å²) in [5.74, 6) is 1.58. The molecule has 0 saturated carbocycles. The van der Waals surface area contributed by atoms with Crippen LogP contribution in [0.5, 0.6) is 0 Å². The summed E-state index contributed by atoms with van der Waals surface area (Å²) in [6.07, 6.45) is 6.77. The first-order valence-corrected chi connectivity index (χ1v) is 5.78. The minimum absolute atomic E-state index is 0. The molecule has 0 radical (unpaired) electrons. The van der Waals surface area contributed by atoms with Crippen molar-refractivity contribution in [1.29, 1.82) is 0 Å². The molecule has 1 aliphatic rings. The molecule has 0 aromatic carbocycles. The van der Waals surface area contributed by atoms with Crippen LogP contribution >= 0.6 is 12.4 Å². The molecule has 0 bridgehead atoms. The lowest BCUT2D eigenvalue weighted by atomic mass is 10.1. The highest BCUT2D eigenvalue weighted by molar-refractivity contribution is 5.85. The van der Waals surface area contributed by atoms with Crippen LogP contribution in [-0.4, -0.2) is 26.7 Å². The predicted octanol–water partition coefficient (Wildman–Crippen LogP) is 1.76. The maximum atomic E-state index is 5.25. The summed E-state index contributed by atoms with van der Waals surface area (Å²) in [5, 5.41) is 7.27.